The lowest BCUT2D eigenvalue weighted by molar-refractivity contribution is 0.568. The van der Waals surface area contributed by atoms with Crippen molar-refractivity contribution in [2.24, 2.45) is 0 Å². The largest absolute Gasteiger partial charge is 0.354 e. The zero-order valence-corrected chi connectivity index (χ0v) is 14.5. The summed E-state index contributed by atoms with van der Waals surface area (Å²) in [6, 6.07) is 5.25. The second-order valence-electron chi connectivity index (χ2n) is 6.12. The summed E-state index contributed by atoms with van der Waals surface area (Å²) in [7, 11) is 0. The van der Waals surface area contributed by atoms with Crippen LogP contribution in [0.4, 0.5) is 5.82 Å². The van der Waals surface area contributed by atoms with Gasteiger partial charge in [-0.1, -0.05) is 26.7 Å². The van der Waals surface area contributed by atoms with E-state index in [9.17, 15) is 0 Å². The molecule has 0 aliphatic heterocycles. The molecule has 0 radical (unpaired) electrons. The van der Waals surface area contributed by atoms with Gasteiger partial charge in [-0.2, -0.15) is 0 Å². The molecule has 21 heavy (non-hydrogen) atoms. The molecule has 3 nitrogen and oxygen atoms in total. The molecule has 3 heteroatoms. The minimum Gasteiger partial charge on any atom is -0.354 e. The monoisotopic (exact) mass is 291 g/mol. The average molecular weight is 291 g/mol. The lowest BCUT2D eigenvalue weighted by atomic mass is 10.1. The number of nitrogens with zero attached hydrogens (tertiary/aromatic N) is 2. The number of aromatic nitrogens is 1. The standard InChI is InChI=1S/C18H33N3/c1-6-8-9-13-21(15(3)4)18-14-17(10-12-20-18)16(5)19-11-7-2/h10,12,14-16,19H,6-9,11,13H2,1-5H3. The van der Waals surface area contributed by atoms with Crippen molar-refractivity contribution in [3.05, 3.63) is 23.9 Å². The first-order chi connectivity index (χ1) is 10.1. The summed E-state index contributed by atoms with van der Waals surface area (Å²) in [5, 5.41) is 3.55. The third kappa shape index (κ3) is 6.04. The molecule has 0 saturated heterocycles. The summed E-state index contributed by atoms with van der Waals surface area (Å²) in [6.45, 7) is 13.3. The molecule has 0 fully saturated rings. The van der Waals surface area contributed by atoms with Crippen LogP contribution >= 0.6 is 0 Å². The number of hydrogen-bond donors (Lipinski definition) is 1. The molecule has 0 aliphatic rings. The minimum atomic E-state index is 0.386. The Bertz CT molecular complexity index is 390. The van der Waals surface area contributed by atoms with E-state index >= 15 is 0 Å². The molecule has 0 bridgehead atoms. The van der Waals surface area contributed by atoms with Crippen LogP contribution in [0, 0.1) is 0 Å². The predicted octanol–water partition coefficient (Wildman–Crippen LogP) is 4.55. The van der Waals surface area contributed by atoms with Crippen LogP contribution in [0.3, 0.4) is 0 Å². The Morgan fingerprint density at radius 3 is 2.52 bits per heavy atom. The fourth-order valence-corrected chi connectivity index (χ4v) is 2.51. The van der Waals surface area contributed by atoms with Gasteiger partial charge in [0.15, 0.2) is 0 Å². The Hall–Kier alpha value is -1.09. The molecule has 1 heterocycles. The SMILES string of the molecule is CCCCCN(c1cc(C(C)NCCC)ccn1)C(C)C. The van der Waals surface area contributed by atoms with Crippen LogP contribution in [0.1, 0.15) is 71.9 Å². The van der Waals surface area contributed by atoms with E-state index in [0.717, 1.165) is 25.3 Å². The van der Waals surface area contributed by atoms with Gasteiger partial charge in [0.05, 0.1) is 0 Å². The molecule has 1 aromatic heterocycles. The van der Waals surface area contributed by atoms with Crippen LogP contribution in [-0.4, -0.2) is 24.1 Å². The highest BCUT2D eigenvalue weighted by atomic mass is 15.2. The normalized spacial score (nSPS) is 12.7. The van der Waals surface area contributed by atoms with Gasteiger partial charge >= 0.3 is 0 Å². The van der Waals surface area contributed by atoms with Crippen molar-refractivity contribution < 1.29 is 0 Å². The van der Waals surface area contributed by atoms with Crippen LogP contribution in [0.5, 0.6) is 0 Å². The molecule has 0 spiro atoms. The van der Waals surface area contributed by atoms with Crippen LogP contribution < -0.4 is 10.2 Å². The van der Waals surface area contributed by atoms with E-state index < -0.39 is 0 Å². The van der Waals surface area contributed by atoms with E-state index in [1.807, 2.05) is 6.20 Å². The van der Waals surface area contributed by atoms with Crippen molar-refractivity contribution in [1.29, 1.82) is 0 Å². The predicted molar refractivity (Wildman–Crippen MR) is 93.0 cm³/mol. The van der Waals surface area contributed by atoms with Gasteiger partial charge in [0, 0.05) is 24.8 Å². The van der Waals surface area contributed by atoms with Crippen LogP contribution in [0.25, 0.3) is 0 Å². The highest BCUT2D eigenvalue weighted by Crippen LogP contribution is 2.20. The van der Waals surface area contributed by atoms with Gasteiger partial charge in [0.1, 0.15) is 5.82 Å². The third-order valence-electron chi connectivity index (χ3n) is 3.89. The Kier molecular flexibility index (Phi) is 8.36. The number of hydrogen-bond acceptors (Lipinski definition) is 3. The Balaban J connectivity index is 2.79. The molecule has 1 N–H and O–H groups in total. The maximum Gasteiger partial charge on any atom is 0.129 e. The minimum absolute atomic E-state index is 0.386. The average Bonchev–Trinajstić information content (AvgIpc) is 2.49. The van der Waals surface area contributed by atoms with Crippen LogP contribution in [0.15, 0.2) is 18.3 Å². The third-order valence-corrected chi connectivity index (χ3v) is 3.89. The van der Waals surface area contributed by atoms with Crippen molar-refractivity contribution in [3.63, 3.8) is 0 Å². The first-order valence-electron chi connectivity index (χ1n) is 8.56. The lowest BCUT2D eigenvalue weighted by Crippen LogP contribution is -2.32. The molecule has 0 amide bonds. The van der Waals surface area contributed by atoms with Crippen molar-refractivity contribution in [2.75, 3.05) is 18.0 Å². The molecular weight excluding hydrogens is 258 g/mol. The highest BCUT2D eigenvalue weighted by Gasteiger charge is 2.13. The fraction of sp³-hybridized carbons (Fsp3) is 0.722. The lowest BCUT2D eigenvalue weighted by Gasteiger charge is -2.28. The van der Waals surface area contributed by atoms with E-state index in [0.29, 0.717) is 12.1 Å². The Morgan fingerprint density at radius 1 is 1.14 bits per heavy atom. The van der Waals surface area contributed by atoms with Gasteiger partial charge in [-0.3, -0.25) is 0 Å². The number of rotatable bonds is 10. The summed E-state index contributed by atoms with van der Waals surface area (Å²) in [5.74, 6) is 1.11. The van der Waals surface area contributed by atoms with Crippen molar-refractivity contribution in [3.8, 4) is 0 Å². The molecule has 0 saturated carbocycles. The van der Waals surface area contributed by atoms with E-state index in [2.05, 4.69) is 62.0 Å². The smallest absolute Gasteiger partial charge is 0.129 e. The van der Waals surface area contributed by atoms with E-state index in [1.165, 1.54) is 24.8 Å². The molecule has 0 aliphatic carbocycles. The highest BCUT2D eigenvalue weighted by molar-refractivity contribution is 5.42. The second kappa shape index (κ2) is 9.78. The van der Waals surface area contributed by atoms with E-state index in [4.69, 9.17) is 0 Å². The Morgan fingerprint density at radius 2 is 1.90 bits per heavy atom. The summed E-state index contributed by atoms with van der Waals surface area (Å²) >= 11 is 0. The molecule has 0 aromatic carbocycles. The van der Waals surface area contributed by atoms with E-state index in [1.54, 1.807) is 0 Å². The maximum atomic E-state index is 4.60. The van der Waals surface area contributed by atoms with Gasteiger partial charge in [-0.25, -0.2) is 4.98 Å². The van der Waals surface area contributed by atoms with Gasteiger partial charge in [0.2, 0.25) is 0 Å². The van der Waals surface area contributed by atoms with Crippen LogP contribution in [0.2, 0.25) is 0 Å². The second-order valence-corrected chi connectivity index (χ2v) is 6.12. The van der Waals surface area contributed by atoms with Gasteiger partial charge < -0.3 is 10.2 Å². The van der Waals surface area contributed by atoms with Crippen molar-refractivity contribution in [1.82, 2.24) is 10.3 Å². The molecule has 1 aromatic rings. The summed E-state index contributed by atoms with van der Waals surface area (Å²) in [4.78, 5) is 7.02. The molecule has 1 atom stereocenters. The number of nitrogens with one attached hydrogen (secondary N) is 1. The van der Waals surface area contributed by atoms with E-state index in [-0.39, 0.29) is 0 Å². The fourth-order valence-electron chi connectivity index (χ4n) is 2.51. The maximum absolute atomic E-state index is 4.60. The number of pyridine rings is 1. The zero-order valence-electron chi connectivity index (χ0n) is 14.5. The van der Waals surface area contributed by atoms with Gasteiger partial charge in [0.25, 0.3) is 0 Å². The number of unbranched alkanes of at least 4 members (excludes halogenated alkanes) is 2. The molecular formula is C18H33N3. The summed E-state index contributed by atoms with van der Waals surface area (Å²) < 4.78 is 0. The molecule has 1 unspecified atom stereocenters. The quantitative estimate of drug-likeness (QED) is 0.641. The topological polar surface area (TPSA) is 28.2 Å². The molecule has 120 valence electrons. The Labute approximate surface area is 131 Å². The molecule has 1 rings (SSSR count). The zero-order chi connectivity index (χ0) is 15.7. The summed E-state index contributed by atoms with van der Waals surface area (Å²) in [5.41, 5.74) is 1.33. The van der Waals surface area contributed by atoms with Crippen LogP contribution in [-0.2, 0) is 0 Å². The van der Waals surface area contributed by atoms with Gasteiger partial charge in [-0.15, -0.1) is 0 Å². The van der Waals surface area contributed by atoms with Crippen molar-refractivity contribution in [2.45, 2.75) is 72.4 Å². The first kappa shape index (κ1) is 18.0. The first-order valence-corrected chi connectivity index (χ1v) is 8.56. The van der Waals surface area contributed by atoms with Gasteiger partial charge in [-0.05, 0) is 57.9 Å². The number of anilines is 1. The van der Waals surface area contributed by atoms with Crippen molar-refractivity contribution >= 4 is 5.82 Å². The summed E-state index contributed by atoms with van der Waals surface area (Å²) in [6.07, 6.45) is 6.90.